The summed E-state index contributed by atoms with van der Waals surface area (Å²) in [6, 6.07) is 8.07. The molecule has 1 aromatic carbocycles. The van der Waals surface area contributed by atoms with Crippen molar-refractivity contribution in [1.82, 2.24) is 5.32 Å². The number of ether oxygens (including phenoxy) is 1. The molecule has 4 heteroatoms. The van der Waals surface area contributed by atoms with E-state index in [0.29, 0.717) is 6.61 Å². The van der Waals surface area contributed by atoms with Crippen molar-refractivity contribution in [1.29, 1.82) is 0 Å². The van der Waals surface area contributed by atoms with E-state index in [-0.39, 0.29) is 23.9 Å². The van der Waals surface area contributed by atoms with Gasteiger partial charge in [0.05, 0.1) is 12.6 Å². The highest BCUT2D eigenvalue weighted by atomic mass is 16.5. The second-order valence-corrected chi connectivity index (χ2v) is 5.86. The van der Waals surface area contributed by atoms with Gasteiger partial charge in [-0.2, -0.15) is 0 Å². The Kier molecular flexibility index (Phi) is 5.62. The van der Waals surface area contributed by atoms with Gasteiger partial charge in [0.2, 0.25) is 5.91 Å². The van der Waals surface area contributed by atoms with Crippen molar-refractivity contribution >= 4 is 5.91 Å². The molecule has 0 aromatic heterocycles. The van der Waals surface area contributed by atoms with E-state index in [1.807, 2.05) is 38.1 Å². The van der Waals surface area contributed by atoms with Gasteiger partial charge in [-0.25, -0.2) is 0 Å². The first kappa shape index (κ1) is 15.8. The van der Waals surface area contributed by atoms with Gasteiger partial charge in [0.1, 0.15) is 5.75 Å². The first-order valence-electron chi connectivity index (χ1n) is 7.89. The lowest BCUT2D eigenvalue weighted by atomic mass is 9.85. The van der Waals surface area contributed by atoms with Crippen LogP contribution in [0.5, 0.6) is 5.75 Å². The number of benzene rings is 1. The Hall–Kier alpha value is -1.55. The number of amides is 1. The number of carbonyl (C=O) groups excluding carboxylic acids is 1. The third-order valence-corrected chi connectivity index (χ3v) is 4.14. The predicted molar refractivity (Wildman–Crippen MR) is 84.1 cm³/mol. The molecule has 1 aliphatic rings. The van der Waals surface area contributed by atoms with Crippen LogP contribution in [0.2, 0.25) is 0 Å². The monoisotopic (exact) mass is 290 g/mol. The van der Waals surface area contributed by atoms with Crippen molar-refractivity contribution in [2.75, 3.05) is 6.61 Å². The molecule has 3 unspecified atom stereocenters. The van der Waals surface area contributed by atoms with Gasteiger partial charge in [-0.3, -0.25) is 4.79 Å². The van der Waals surface area contributed by atoms with Crippen LogP contribution in [0.3, 0.4) is 0 Å². The van der Waals surface area contributed by atoms with Crippen LogP contribution in [0, 0.1) is 5.92 Å². The minimum Gasteiger partial charge on any atom is -0.494 e. The first-order chi connectivity index (χ1) is 10.1. The molecule has 0 saturated heterocycles. The summed E-state index contributed by atoms with van der Waals surface area (Å²) < 4.78 is 5.43. The Morgan fingerprint density at radius 2 is 2.10 bits per heavy atom. The summed E-state index contributed by atoms with van der Waals surface area (Å²) in [4.78, 5) is 12.3. The van der Waals surface area contributed by atoms with Gasteiger partial charge in [-0.15, -0.1) is 0 Å². The van der Waals surface area contributed by atoms with E-state index in [1.165, 1.54) is 0 Å². The van der Waals surface area contributed by atoms with E-state index in [9.17, 15) is 4.79 Å². The second kappa shape index (κ2) is 7.46. The van der Waals surface area contributed by atoms with E-state index in [4.69, 9.17) is 10.5 Å². The minimum absolute atomic E-state index is 0.00586. The van der Waals surface area contributed by atoms with Crippen LogP contribution >= 0.6 is 0 Å². The van der Waals surface area contributed by atoms with Crippen LogP contribution in [0.4, 0.5) is 0 Å². The standard InChI is InChI=1S/C17H26N2O2/c1-3-21-16-9-7-13(8-10-16)12(2)19-17(20)14-5-4-6-15(18)11-14/h7-10,12,14-15H,3-6,11,18H2,1-2H3,(H,19,20). The molecule has 0 heterocycles. The summed E-state index contributed by atoms with van der Waals surface area (Å²) >= 11 is 0. The SMILES string of the molecule is CCOc1ccc(C(C)NC(=O)C2CCCC(N)C2)cc1. The molecule has 1 amide bonds. The van der Waals surface area contributed by atoms with E-state index >= 15 is 0 Å². The van der Waals surface area contributed by atoms with Crippen LogP contribution < -0.4 is 15.8 Å². The fourth-order valence-electron chi connectivity index (χ4n) is 2.90. The number of carbonyl (C=O) groups is 1. The largest absolute Gasteiger partial charge is 0.494 e. The topological polar surface area (TPSA) is 64.3 Å². The quantitative estimate of drug-likeness (QED) is 0.876. The maximum Gasteiger partial charge on any atom is 0.223 e. The molecule has 1 saturated carbocycles. The van der Waals surface area contributed by atoms with Crippen molar-refractivity contribution in [2.24, 2.45) is 11.7 Å². The van der Waals surface area contributed by atoms with Crippen molar-refractivity contribution < 1.29 is 9.53 Å². The summed E-state index contributed by atoms with van der Waals surface area (Å²) in [5.74, 6) is 1.06. The molecule has 3 atom stereocenters. The lowest BCUT2D eigenvalue weighted by molar-refractivity contribution is -0.126. The summed E-state index contributed by atoms with van der Waals surface area (Å²) in [5.41, 5.74) is 7.05. The highest BCUT2D eigenvalue weighted by molar-refractivity contribution is 5.79. The third kappa shape index (κ3) is 4.46. The number of nitrogens with two attached hydrogens (primary N) is 1. The Morgan fingerprint density at radius 1 is 1.38 bits per heavy atom. The van der Waals surface area contributed by atoms with Gasteiger partial charge >= 0.3 is 0 Å². The van der Waals surface area contributed by atoms with E-state index in [0.717, 1.165) is 37.0 Å². The van der Waals surface area contributed by atoms with Crippen LogP contribution in [-0.4, -0.2) is 18.6 Å². The lowest BCUT2D eigenvalue weighted by Crippen LogP contribution is -2.38. The van der Waals surface area contributed by atoms with Crippen LogP contribution in [0.25, 0.3) is 0 Å². The molecular formula is C17H26N2O2. The molecule has 0 radical (unpaired) electrons. The molecule has 4 nitrogen and oxygen atoms in total. The maximum atomic E-state index is 12.3. The predicted octanol–water partition coefficient (Wildman–Crippen LogP) is 2.78. The molecule has 116 valence electrons. The van der Waals surface area contributed by atoms with Gasteiger partial charge < -0.3 is 15.8 Å². The Morgan fingerprint density at radius 3 is 2.71 bits per heavy atom. The third-order valence-electron chi connectivity index (χ3n) is 4.14. The van der Waals surface area contributed by atoms with Crippen LogP contribution in [0.15, 0.2) is 24.3 Å². The molecule has 1 fully saturated rings. The minimum atomic E-state index is 0.00586. The maximum absolute atomic E-state index is 12.3. The highest BCUT2D eigenvalue weighted by Crippen LogP contribution is 2.24. The molecular weight excluding hydrogens is 264 g/mol. The molecule has 0 spiro atoms. The molecule has 21 heavy (non-hydrogen) atoms. The summed E-state index contributed by atoms with van der Waals surface area (Å²) in [5, 5.41) is 3.10. The molecule has 3 N–H and O–H groups in total. The van der Waals surface area contributed by atoms with Gasteiger partial charge in [0.25, 0.3) is 0 Å². The average molecular weight is 290 g/mol. The Balaban J connectivity index is 1.90. The molecule has 2 rings (SSSR count). The van der Waals surface area contributed by atoms with E-state index in [2.05, 4.69) is 5.32 Å². The Bertz CT molecular complexity index is 458. The second-order valence-electron chi connectivity index (χ2n) is 5.86. The molecule has 1 aromatic rings. The van der Waals surface area contributed by atoms with Gasteiger partial charge in [0.15, 0.2) is 0 Å². The zero-order valence-corrected chi connectivity index (χ0v) is 13.0. The summed E-state index contributed by atoms with van der Waals surface area (Å²) in [6.07, 6.45) is 3.85. The van der Waals surface area contributed by atoms with Crippen molar-refractivity contribution in [2.45, 2.75) is 51.6 Å². The highest BCUT2D eigenvalue weighted by Gasteiger charge is 2.26. The summed E-state index contributed by atoms with van der Waals surface area (Å²) in [7, 11) is 0. The normalized spacial score (nSPS) is 23.4. The van der Waals surface area contributed by atoms with E-state index < -0.39 is 0 Å². The van der Waals surface area contributed by atoms with Crippen molar-refractivity contribution in [3.63, 3.8) is 0 Å². The summed E-state index contributed by atoms with van der Waals surface area (Å²) in [6.45, 7) is 4.63. The van der Waals surface area contributed by atoms with Crippen molar-refractivity contribution in [3.05, 3.63) is 29.8 Å². The molecule has 0 aliphatic heterocycles. The number of hydrogen-bond donors (Lipinski definition) is 2. The average Bonchev–Trinajstić information content (AvgIpc) is 2.48. The van der Waals surface area contributed by atoms with Crippen LogP contribution in [-0.2, 0) is 4.79 Å². The fraction of sp³-hybridized carbons (Fsp3) is 0.588. The van der Waals surface area contributed by atoms with Crippen LogP contribution in [0.1, 0.15) is 51.1 Å². The smallest absolute Gasteiger partial charge is 0.223 e. The van der Waals surface area contributed by atoms with Gasteiger partial charge in [-0.05, 0) is 50.8 Å². The van der Waals surface area contributed by atoms with Gasteiger partial charge in [0, 0.05) is 12.0 Å². The fourth-order valence-corrected chi connectivity index (χ4v) is 2.90. The van der Waals surface area contributed by atoms with Gasteiger partial charge in [-0.1, -0.05) is 18.6 Å². The lowest BCUT2D eigenvalue weighted by Gasteiger charge is -2.27. The molecule has 1 aliphatic carbocycles. The Labute approximate surface area is 127 Å². The molecule has 0 bridgehead atoms. The zero-order chi connectivity index (χ0) is 15.2. The van der Waals surface area contributed by atoms with Crippen molar-refractivity contribution in [3.8, 4) is 5.75 Å². The first-order valence-corrected chi connectivity index (χ1v) is 7.89. The number of nitrogens with one attached hydrogen (secondary N) is 1. The van der Waals surface area contributed by atoms with E-state index in [1.54, 1.807) is 0 Å². The number of hydrogen-bond acceptors (Lipinski definition) is 3. The number of rotatable bonds is 5. The zero-order valence-electron chi connectivity index (χ0n) is 13.0.